The summed E-state index contributed by atoms with van der Waals surface area (Å²) in [6.45, 7) is 13.5. The number of allylic oxidation sites excluding steroid dienone is 1. The second-order valence-electron chi connectivity index (χ2n) is 5.80. The number of aliphatic imine (C=N–C) groups is 1. The van der Waals surface area contributed by atoms with E-state index in [-0.39, 0.29) is 6.61 Å². The topological polar surface area (TPSA) is 43.0 Å². The van der Waals surface area contributed by atoms with Crippen molar-refractivity contribution in [3.63, 3.8) is 0 Å². The van der Waals surface area contributed by atoms with Crippen molar-refractivity contribution in [2.24, 2.45) is 4.99 Å². The molecule has 0 bridgehead atoms. The van der Waals surface area contributed by atoms with Crippen LogP contribution in [0.3, 0.4) is 0 Å². The average Bonchev–Trinajstić information content (AvgIpc) is 2.55. The smallest absolute Gasteiger partial charge is 0.336 e. The normalized spacial score (nSPS) is 20.1. The minimum Gasteiger partial charge on any atom is -0.463 e. The zero-order valence-electron chi connectivity index (χ0n) is 14.5. The van der Waals surface area contributed by atoms with E-state index in [9.17, 15) is 4.79 Å². The highest BCUT2D eigenvalue weighted by Crippen LogP contribution is 2.41. The van der Waals surface area contributed by atoms with Crippen LogP contribution in [0.1, 0.15) is 45.1 Å². The predicted molar refractivity (Wildman–Crippen MR) is 101 cm³/mol. The van der Waals surface area contributed by atoms with Gasteiger partial charge in [-0.1, -0.05) is 42.6 Å². The van der Waals surface area contributed by atoms with Gasteiger partial charge in [0.05, 0.1) is 23.6 Å². The Kier molecular flexibility index (Phi) is 6.64. The molecule has 2 unspecified atom stereocenters. The number of esters is 1. The van der Waals surface area contributed by atoms with Crippen LogP contribution in [-0.4, -0.2) is 24.3 Å². The van der Waals surface area contributed by atoms with Crippen LogP contribution in [0.2, 0.25) is 10.0 Å². The number of nitrogens with zero attached hydrogens (tertiary/aromatic N) is 2. The fourth-order valence-corrected chi connectivity index (χ4v) is 3.57. The molecule has 132 valence electrons. The third-order valence-electron chi connectivity index (χ3n) is 4.10. The highest BCUT2D eigenvalue weighted by molar-refractivity contribution is 6.35. The summed E-state index contributed by atoms with van der Waals surface area (Å²) in [5.41, 5.74) is 2.48. The molecule has 0 aromatic heterocycles. The number of ether oxygens (including phenoxy) is 1. The molecular weight excluding hydrogens is 359 g/mol. The van der Waals surface area contributed by atoms with Crippen LogP contribution in [0.25, 0.3) is 4.85 Å². The highest BCUT2D eigenvalue weighted by atomic mass is 35.5. The predicted octanol–water partition coefficient (Wildman–Crippen LogP) is 5.46. The van der Waals surface area contributed by atoms with Crippen molar-refractivity contribution < 1.29 is 9.53 Å². The van der Waals surface area contributed by atoms with Crippen molar-refractivity contribution >= 4 is 34.9 Å². The van der Waals surface area contributed by atoms with E-state index in [1.807, 2.05) is 13.8 Å². The number of hydrogen-bond acceptors (Lipinski definition) is 3. The largest absolute Gasteiger partial charge is 0.463 e. The molecule has 4 nitrogen and oxygen atoms in total. The maximum atomic E-state index is 12.7. The standard InChI is InChI=1S/C19H20Cl2N2O2/c1-5-7-15-17(19(24)25-6-2)16(18(22-4)11(3)23-15)13-9-8-12(20)10-14(13)21/h8-10,16,18H,5-7H2,1-3H3. The lowest BCUT2D eigenvalue weighted by Crippen LogP contribution is -2.33. The van der Waals surface area contributed by atoms with E-state index in [1.54, 1.807) is 25.1 Å². The van der Waals surface area contributed by atoms with Crippen molar-refractivity contribution in [1.82, 2.24) is 0 Å². The van der Waals surface area contributed by atoms with Crippen LogP contribution in [0.5, 0.6) is 0 Å². The van der Waals surface area contributed by atoms with Gasteiger partial charge in [-0.3, -0.25) is 4.99 Å². The molecule has 0 saturated heterocycles. The molecule has 1 aromatic carbocycles. The minimum absolute atomic E-state index is 0.258. The summed E-state index contributed by atoms with van der Waals surface area (Å²) >= 11 is 12.4. The lowest BCUT2D eigenvalue weighted by Gasteiger charge is -2.27. The van der Waals surface area contributed by atoms with Crippen molar-refractivity contribution in [1.29, 1.82) is 0 Å². The van der Waals surface area contributed by atoms with E-state index < -0.39 is 17.9 Å². The summed E-state index contributed by atoms with van der Waals surface area (Å²) < 4.78 is 5.26. The molecule has 0 N–H and O–H groups in total. The number of hydrogen-bond donors (Lipinski definition) is 0. The van der Waals surface area contributed by atoms with Gasteiger partial charge in [0.1, 0.15) is 5.92 Å². The van der Waals surface area contributed by atoms with Gasteiger partial charge < -0.3 is 9.58 Å². The molecule has 0 spiro atoms. The van der Waals surface area contributed by atoms with Crippen LogP contribution >= 0.6 is 23.2 Å². The Morgan fingerprint density at radius 1 is 1.36 bits per heavy atom. The van der Waals surface area contributed by atoms with Crippen molar-refractivity contribution in [2.75, 3.05) is 6.61 Å². The average molecular weight is 379 g/mol. The van der Waals surface area contributed by atoms with E-state index in [0.717, 1.165) is 6.42 Å². The fourth-order valence-electron chi connectivity index (χ4n) is 3.05. The molecule has 0 radical (unpaired) electrons. The molecule has 2 atom stereocenters. The first-order chi connectivity index (χ1) is 11.9. The fraction of sp³-hybridized carbons (Fsp3) is 0.421. The number of carbonyl (C=O) groups excluding carboxylic acids is 1. The van der Waals surface area contributed by atoms with Crippen molar-refractivity contribution in [2.45, 2.75) is 45.6 Å². The van der Waals surface area contributed by atoms with E-state index in [1.165, 1.54) is 0 Å². The minimum atomic E-state index is -0.598. The monoisotopic (exact) mass is 378 g/mol. The number of halogens is 2. The third kappa shape index (κ3) is 4.05. The van der Waals surface area contributed by atoms with Gasteiger partial charge >= 0.3 is 5.97 Å². The first-order valence-corrected chi connectivity index (χ1v) is 8.96. The van der Waals surface area contributed by atoms with Gasteiger partial charge in [-0.2, -0.15) is 0 Å². The Morgan fingerprint density at radius 3 is 2.64 bits per heavy atom. The molecule has 0 saturated carbocycles. The summed E-state index contributed by atoms with van der Waals surface area (Å²) in [7, 11) is 0. The molecule has 1 heterocycles. The number of carbonyl (C=O) groups is 1. The maximum absolute atomic E-state index is 12.7. The summed E-state index contributed by atoms with van der Waals surface area (Å²) in [6.07, 6.45) is 1.47. The maximum Gasteiger partial charge on any atom is 0.336 e. The lowest BCUT2D eigenvalue weighted by molar-refractivity contribution is -0.139. The second kappa shape index (κ2) is 8.51. The first kappa shape index (κ1) is 19.5. The molecule has 25 heavy (non-hydrogen) atoms. The Hall–Kier alpha value is -1.83. The van der Waals surface area contributed by atoms with Gasteiger partial charge in [-0.25, -0.2) is 11.4 Å². The highest BCUT2D eigenvalue weighted by Gasteiger charge is 2.43. The van der Waals surface area contributed by atoms with Crippen LogP contribution in [0.15, 0.2) is 34.5 Å². The molecular formula is C19H20Cl2N2O2. The molecule has 0 fully saturated rings. The van der Waals surface area contributed by atoms with Gasteiger partial charge in [0.25, 0.3) is 6.04 Å². The van der Waals surface area contributed by atoms with Crippen LogP contribution in [-0.2, 0) is 9.53 Å². The van der Waals surface area contributed by atoms with Gasteiger partial charge in [0.2, 0.25) is 0 Å². The van der Waals surface area contributed by atoms with Crippen LogP contribution < -0.4 is 0 Å². The van der Waals surface area contributed by atoms with Gasteiger partial charge in [-0.15, -0.1) is 0 Å². The molecule has 0 aliphatic carbocycles. The quantitative estimate of drug-likeness (QED) is 0.504. The van der Waals surface area contributed by atoms with E-state index in [0.29, 0.717) is 39.0 Å². The van der Waals surface area contributed by atoms with E-state index >= 15 is 0 Å². The molecule has 1 aromatic rings. The van der Waals surface area contributed by atoms with Crippen molar-refractivity contribution in [3.8, 4) is 0 Å². The van der Waals surface area contributed by atoms with Crippen molar-refractivity contribution in [3.05, 3.63) is 56.5 Å². The Labute approximate surface area is 158 Å². The summed E-state index contributed by atoms with van der Waals surface area (Å²) in [4.78, 5) is 21.0. The van der Waals surface area contributed by atoms with Gasteiger partial charge in [-0.05, 0) is 38.0 Å². The first-order valence-electron chi connectivity index (χ1n) is 8.21. The molecule has 1 aliphatic heterocycles. The Balaban J connectivity index is 2.70. The number of benzene rings is 1. The third-order valence-corrected chi connectivity index (χ3v) is 4.66. The van der Waals surface area contributed by atoms with Crippen LogP contribution in [0, 0.1) is 6.57 Å². The zero-order valence-corrected chi connectivity index (χ0v) is 16.0. The summed E-state index contributed by atoms with van der Waals surface area (Å²) in [5, 5.41) is 0.934. The summed E-state index contributed by atoms with van der Waals surface area (Å²) in [5.74, 6) is -0.952. The zero-order chi connectivity index (χ0) is 18.6. The van der Waals surface area contributed by atoms with Gasteiger partial charge in [0, 0.05) is 10.0 Å². The molecule has 6 heteroatoms. The van der Waals surface area contributed by atoms with Crippen LogP contribution in [0.4, 0.5) is 0 Å². The Morgan fingerprint density at radius 2 is 2.08 bits per heavy atom. The molecule has 1 aliphatic rings. The second-order valence-corrected chi connectivity index (χ2v) is 6.65. The summed E-state index contributed by atoms with van der Waals surface area (Å²) in [6, 6.07) is 4.52. The molecule has 0 amide bonds. The Bertz CT molecular complexity index is 778. The number of rotatable bonds is 5. The lowest BCUT2D eigenvalue weighted by atomic mass is 9.79. The van der Waals surface area contributed by atoms with E-state index in [4.69, 9.17) is 34.5 Å². The molecule has 2 rings (SSSR count). The van der Waals surface area contributed by atoms with Gasteiger partial charge in [0.15, 0.2) is 0 Å². The SMILES string of the molecule is [C-]#[N+]C1C(C)=NC(CCC)=C(C(=O)OCC)C1c1ccc(Cl)cc1Cl. The van der Waals surface area contributed by atoms with E-state index in [2.05, 4.69) is 9.84 Å².